The van der Waals surface area contributed by atoms with Crippen LogP contribution in [0.15, 0.2) is 24.3 Å². The maximum absolute atomic E-state index is 11.5. The van der Waals surface area contributed by atoms with E-state index in [1.54, 1.807) is 26.2 Å². The summed E-state index contributed by atoms with van der Waals surface area (Å²) < 4.78 is 0. The highest BCUT2D eigenvalue weighted by Gasteiger charge is 2.16. The SMILES string of the molecule is CC(=O)N(CC(=O)N(C)C)c1[c]cccc1. The van der Waals surface area contributed by atoms with Crippen molar-refractivity contribution in [2.24, 2.45) is 0 Å². The number of likely N-dealkylation sites (N-methyl/N-ethyl adjacent to an activating group) is 1. The van der Waals surface area contributed by atoms with E-state index in [-0.39, 0.29) is 18.4 Å². The molecule has 1 aromatic carbocycles. The molecular weight excluding hydrogens is 204 g/mol. The second-order valence-electron chi connectivity index (χ2n) is 3.64. The van der Waals surface area contributed by atoms with Crippen LogP contribution in [0.4, 0.5) is 5.69 Å². The van der Waals surface area contributed by atoms with E-state index >= 15 is 0 Å². The van der Waals surface area contributed by atoms with Crippen LogP contribution in [0.3, 0.4) is 0 Å². The van der Waals surface area contributed by atoms with E-state index in [0.717, 1.165) is 0 Å². The smallest absolute Gasteiger partial charge is 0.242 e. The van der Waals surface area contributed by atoms with Crippen LogP contribution in [-0.2, 0) is 9.59 Å². The molecule has 0 N–H and O–H groups in total. The van der Waals surface area contributed by atoms with Gasteiger partial charge in [0.2, 0.25) is 11.8 Å². The van der Waals surface area contributed by atoms with Gasteiger partial charge in [-0.1, -0.05) is 18.2 Å². The van der Waals surface area contributed by atoms with E-state index < -0.39 is 0 Å². The molecule has 0 aliphatic carbocycles. The lowest BCUT2D eigenvalue weighted by molar-refractivity contribution is -0.129. The molecule has 0 aromatic heterocycles. The first kappa shape index (κ1) is 12.2. The van der Waals surface area contributed by atoms with Gasteiger partial charge in [-0.2, -0.15) is 0 Å². The molecule has 16 heavy (non-hydrogen) atoms. The van der Waals surface area contributed by atoms with Crippen LogP contribution in [0.5, 0.6) is 0 Å². The van der Waals surface area contributed by atoms with Crippen LogP contribution >= 0.6 is 0 Å². The van der Waals surface area contributed by atoms with E-state index in [2.05, 4.69) is 6.07 Å². The Morgan fingerprint density at radius 1 is 1.31 bits per heavy atom. The Balaban J connectivity index is 2.85. The molecule has 0 fully saturated rings. The second-order valence-corrected chi connectivity index (χ2v) is 3.64. The maximum Gasteiger partial charge on any atom is 0.242 e. The molecule has 85 valence electrons. The largest absolute Gasteiger partial charge is 0.347 e. The van der Waals surface area contributed by atoms with Crippen molar-refractivity contribution in [3.8, 4) is 0 Å². The van der Waals surface area contributed by atoms with Gasteiger partial charge in [-0.05, 0) is 6.07 Å². The van der Waals surface area contributed by atoms with Crippen LogP contribution in [-0.4, -0.2) is 37.4 Å². The summed E-state index contributed by atoms with van der Waals surface area (Å²) in [6.45, 7) is 1.48. The highest BCUT2D eigenvalue weighted by atomic mass is 16.2. The van der Waals surface area contributed by atoms with Gasteiger partial charge in [0, 0.05) is 27.1 Å². The van der Waals surface area contributed by atoms with Gasteiger partial charge in [0.05, 0.1) is 5.69 Å². The number of nitrogens with zero attached hydrogens (tertiary/aromatic N) is 2. The molecule has 0 heterocycles. The number of hydrogen-bond donors (Lipinski definition) is 0. The van der Waals surface area contributed by atoms with Crippen LogP contribution in [0.1, 0.15) is 6.92 Å². The van der Waals surface area contributed by atoms with Crippen LogP contribution in [0.25, 0.3) is 0 Å². The van der Waals surface area contributed by atoms with Gasteiger partial charge in [0.1, 0.15) is 6.54 Å². The standard InChI is InChI=1S/C12H15N2O2/c1-10(15)14(9-12(16)13(2)3)11-7-5-4-6-8-11/h4-7H,9H2,1-3H3. The van der Waals surface area contributed by atoms with Gasteiger partial charge < -0.3 is 9.80 Å². The van der Waals surface area contributed by atoms with Gasteiger partial charge >= 0.3 is 0 Å². The molecule has 0 bridgehead atoms. The van der Waals surface area contributed by atoms with Gasteiger partial charge in [-0.15, -0.1) is 0 Å². The fourth-order valence-corrected chi connectivity index (χ4v) is 1.19. The van der Waals surface area contributed by atoms with Crippen molar-refractivity contribution < 1.29 is 9.59 Å². The second kappa shape index (κ2) is 5.30. The fourth-order valence-electron chi connectivity index (χ4n) is 1.19. The minimum Gasteiger partial charge on any atom is -0.347 e. The molecule has 0 atom stereocenters. The summed E-state index contributed by atoms with van der Waals surface area (Å²) in [7, 11) is 3.32. The van der Waals surface area contributed by atoms with Gasteiger partial charge in [-0.3, -0.25) is 9.59 Å². The lowest BCUT2D eigenvalue weighted by atomic mass is 10.3. The number of benzene rings is 1. The monoisotopic (exact) mass is 219 g/mol. The summed E-state index contributed by atoms with van der Waals surface area (Å²) in [6, 6.07) is 10.0. The van der Waals surface area contributed by atoms with Crippen molar-refractivity contribution in [2.45, 2.75) is 6.92 Å². The van der Waals surface area contributed by atoms with Gasteiger partial charge in [-0.25, -0.2) is 0 Å². The lowest BCUT2D eigenvalue weighted by Gasteiger charge is -2.22. The molecule has 0 saturated carbocycles. The van der Waals surface area contributed by atoms with Crippen molar-refractivity contribution in [2.75, 3.05) is 25.5 Å². The predicted octanol–water partition coefficient (Wildman–Crippen LogP) is 0.928. The van der Waals surface area contributed by atoms with E-state index in [4.69, 9.17) is 0 Å². The third-order valence-electron chi connectivity index (χ3n) is 2.16. The average Bonchev–Trinajstić information content (AvgIpc) is 2.26. The van der Waals surface area contributed by atoms with Crippen LogP contribution < -0.4 is 4.90 Å². The maximum atomic E-state index is 11.5. The highest BCUT2D eigenvalue weighted by Crippen LogP contribution is 2.12. The Morgan fingerprint density at radius 2 is 2.00 bits per heavy atom. The number of para-hydroxylation sites is 1. The molecule has 0 aliphatic rings. The molecule has 4 nitrogen and oxygen atoms in total. The Hall–Kier alpha value is -1.84. The van der Waals surface area contributed by atoms with Crippen LogP contribution in [0, 0.1) is 6.07 Å². The topological polar surface area (TPSA) is 40.6 Å². The molecule has 1 rings (SSSR count). The third-order valence-corrected chi connectivity index (χ3v) is 2.16. The Kier molecular flexibility index (Phi) is 4.05. The van der Waals surface area contributed by atoms with Crippen molar-refractivity contribution in [3.63, 3.8) is 0 Å². The summed E-state index contributed by atoms with van der Waals surface area (Å²) >= 11 is 0. The van der Waals surface area contributed by atoms with Crippen LogP contribution in [0.2, 0.25) is 0 Å². The molecule has 4 heteroatoms. The minimum atomic E-state index is -0.169. The number of amides is 2. The van der Waals surface area contributed by atoms with E-state index in [1.807, 2.05) is 12.1 Å². The van der Waals surface area contributed by atoms with Crippen molar-refractivity contribution in [1.29, 1.82) is 0 Å². The zero-order chi connectivity index (χ0) is 12.1. The highest BCUT2D eigenvalue weighted by molar-refractivity contribution is 5.97. The Labute approximate surface area is 95.5 Å². The Bertz CT molecular complexity index is 374. The third kappa shape index (κ3) is 3.08. The molecular formula is C12H15N2O2. The average molecular weight is 219 g/mol. The summed E-state index contributed by atoms with van der Waals surface area (Å²) in [5.41, 5.74) is 0.616. The molecule has 0 spiro atoms. The summed E-state index contributed by atoms with van der Waals surface area (Å²) in [4.78, 5) is 25.8. The quantitative estimate of drug-likeness (QED) is 0.758. The van der Waals surface area contributed by atoms with E-state index in [1.165, 1.54) is 16.7 Å². The molecule has 0 unspecified atom stereocenters. The number of rotatable bonds is 3. The molecule has 2 amide bonds. The number of carbonyl (C=O) groups excluding carboxylic acids is 2. The summed E-state index contributed by atoms with van der Waals surface area (Å²) in [6.07, 6.45) is 0. The first-order valence-corrected chi connectivity index (χ1v) is 4.97. The minimum absolute atomic E-state index is 0.0445. The lowest BCUT2D eigenvalue weighted by Crippen LogP contribution is -2.39. The van der Waals surface area contributed by atoms with E-state index in [9.17, 15) is 9.59 Å². The summed E-state index contributed by atoms with van der Waals surface area (Å²) in [5, 5.41) is 0. The van der Waals surface area contributed by atoms with Gasteiger partial charge in [0.15, 0.2) is 0 Å². The first-order chi connectivity index (χ1) is 7.52. The summed E-state index contributed by atoms with van der Waals surface area (Å²) in [5.74, 6) is -0.287. The zero-order valence-corrected chi connectivity index (χ0v) is 9.73. The Morgan fingerprint density at radius 3 is 2.44 bits per heavy atom. The van der Waals surface area contributed by atoms with Crippen molar-refractivity contribution in [3.05, 3.63) is 30.3 Å². The molecule has 1 radical (unpaired) electrons. The zero-order valence-electron chi connectivity index (χ0n) is 9.73. The number of hydrogen-bond acceptors (Lipinski definition) is 2. The van der Waals surface area contributed by atoms with Crippen molar-refractivity contribution in [1.82, 2.24) is 4.90 Å². The normalized spacial score (nSPS) is 9.69. The van der Waals surface area contributed by atoms with E-state index in [0.29, 0.717) is 5.69 Å². The number of anilines is 1. The number of carbonyl (C=O) groups is 2. The molecule has 1 aromatic rings. The van der Waals surface area contributed by atoms with Crippen molar-refractivity contribution >= 4 is 17.5 Å². The predicted molar refractivity (Wildman–Crippen MR) is 62.0 cm³/mol. The molecule has 0 aliphatic heterocycles. The molecule has 0 saturated heterocycles. The van der Waals surface area contributed by atoms with Gasteiger partial charge in [0.25, 0.3) is 0 Å². The fraction of sp³-hybridized carbons (Fsp3) is 0.333. The first-order valence-electron chi connectivity index (χ1n) is 4.97.